The fourth-order valence-electron chi connectivity index (χ4n) is 7.43. The van der Waals surface area contributed by atoms with Crippen molar-refractivity contribution in [3.05, 3.63) is 66.0 Å². The molecule has 2 fully saturated rings. The molecule has 302 valence electrons. The number of hydrogen-bond acceptors (Lipinski definition) is 10. The van der Waals surface area contributed by atoms with Crippen molar-refractivity contribution in [1.82, 2.24) is 25.8 Å². The normalized spacial score (nSPS) is 20.9. The average molecular weight is 784 g/mol. The lowest BCUT2D eigenvalue weighted by molar-refractivity contribution is -0.156. The monoisotopic (exact) mass is 783 g/mol. The molecular weight excluding hydrogens is 727 g/mol. The van der Waals surface area contributed by atoms with E-state index in [0.717, 1.165) is 37.5 Å². The number of carboxylic acid groups (broad SMARTS) is 1. The Bertz CT molecular complexity index is 1770. The van der Waals surface area contributed by atoms with E-state index in [1.807, 2.05) is 56.0 Å². The summed E-state index contributed by atoms with van der Waals surface area (Å²) in [6.45, 7) is 8.97. The first-order valence-corrected chi connectivity index (χ1v) is 20.9. The number of carbonyl (C=O) groups excluding carboxylic acids is 4. The lowest BCUT2D eigenvalue weighted by Gasteiger charge is -2.47. The molecule has 1 aromatic heterocycles. The van der Waals surface area contributed by atoms with Gasteiger partial charge in [0, 0.05) is 37.3 Å². The van der Waals surface area contributed by atoms with Crippen molar-refractivity contribution >= 4 is 39.5 Å². The Kier molecular flexibility index (Phi) is 14.6. The second kappa shape index (κ2) is 18.5. The number of piperidine rings is 1. The number of benzene rings is 1. The van der Waals surface area contributed by atoms with Gasteiger partial charge in [0.2, 0.25) is 11.8 Å². The fraction of sp³-hybridized carbons (Fsp3) is 0.600. The van der Waals surface area contributed by atoms with Gasteiger partial charge in [-0.1, -0.05) is 49.6 Å². The summed E-state index contributed by atoms with van der Waals surface area (Å²) >= 11 is 0. The second-order valence-corrected chi connectivity index (χ2v) is 19.1. The van der Waals surface area contributed by atoms with Gasteiger partial charge in [0.25, 0.3) is 5.91 Å². The number of aliphatic carboxylic acids is 1. The van der Waals surface area contributed by atoms with Crippen LogP contribution in [0.1, 0.15) is 95.5 Å². The molecule has 14 nitrogen and oxygen atoms in total. The van der Waals surface area contributed by atoms with Crippen LogP contribution in [0.4, 0.5) is 0 Å². The molecule has 6 unspecified atom stereocenters. The highest BCUT2D eigenvalue weighted by molar-refractivity contribution is 7.92. The Morgan fingerprint density at radius 3 is 2.22 bits per heavy atom. The zero-order chi connectivity index (χ0) is 40.6. The summed E-state index contributed by atoms with van der Waals surface area (Å²) in [5, 5.41) is 18.0. The number of carbonyl (C=O) groups is 5. The van der Waals surface area contributed by atoms with E-state index in [1.54, 1.807) is 0 Å². The standard InChI is InChI=1S/C40H57N5O9S/c1-39(2,3)44-37(50)31-22-27-15-10-11-16-29(27)24-45(31)25-32(54-34(48)19-18-33(46)47)30(21-26-13-8-7-9-14-26)42-38(51)35(40(4,5)55(6,52)53)43-36(49)28-17-12-20-41-23-28/h7-9,12-14,17,20,23,27,29-32,35H,10-11,15-16,18-19,21-22,24-25H2,1-6H3,(H,42,51)(H,43,49)(H,44,50)(H,46,47). The molecule has 0 radical (unpaired) electrons. The maximum Gasteiger partial charge on any atom is 0.306 e. The zero-order valence-electron chi connectivity index (χ0n) is 32.7. The van der Waals surface area contributed by atoms with Crippen LogP contribution in [0.2, 0.25) is 0 Å². The van der Waals surface area contributed by atoms with Crippen LogP contribution in [-0.4, -0.2) is 107 Å². The molecule has 4 N–H and O–H groups in total. The van der Waals surface area contributed by atoms with Gasteiger partial charge >= 0.3 is 11.9 Å². The van der Waals surface area contributed by atoms with E-state index in [2.05, 4.69) is 20.9 Å². The van der Waals surface area contributed by atoms with Crippen LogP contribution in [-0.2, 0) is 40.2 Å². The minimum Gasteiger partial charge on any atom is -0.481 e. The predicted molar refractivity (Wildman–Crippen MR) is 207 cm³/mol. The summed E-state index contributed by atoms with van der Waals surface area (Å²) in [5.41, 5.74) is 0.354. The average Bonchev–Trinajstić information content (AvgIpc) is 3.11. The maximum absolute atomic E-state index is 14.5. The molecule has 3 amide bonds. The number of nitrogens with one attached hydrogen (secondary N) is 3. The Balaban J connectivity index is 1.77. The Morgan fingerprint density at radius 1 is 0.945 bits per heavy atom. The van der Waals surface area contributed by atoms with E-state index in [4.69, 9.17) is 4.74 Å². The number of pyridine rings is 1. The molecule has 2 aromatic rings. The third kappa shape index (κ3) is 12.3. The van der Waals surface area contributed by atoms with Crippen molar-refractivity contribution in [2.24, 2.45) is 11.8 Å². The molecule has 15 heteroatoms. The minimum absolute atomic E-state index is 0.0181. The molecule has 1 aliphatic heterocycles. The summed E-state index contributed by atoms with van der Waals surface area (Å²) in [6.07, 6.45) is 6.60. The van der Waals surface area contributed by atoms with Gasteiger partial charge in [-0.3, -0.25) is 33.9 Å². The number of rotatable bonds is 16. The molecule has 6 atom stereocenters. The molecule has 4 rings (SSSR count). The van der Waals surface area contributed by atoms with Crippen molar-refractivity contribution in [2.45, 2.75) is 121 Å². The zero-order valence-corrected chi connectivity index (χ0v) is 33.6. The third-order valence-corrected chi connectivity index (χ3v) is 12.9. The van der Waals surface area contributed by atoms with Crippen molar-refractivity contribution < 1.29 is 42.2 Å². The van der Waals surface area contributed by atoms with Crippen LogP contribution < -0.4 is 16.0 Å². The molecule has 1 aromatic carbocycles. The SMILES string of the molecule is CC(C)(C)NC(=O)C1CC2CCCCC2CN1CC(OC(=O)CCC(=O)O)C(Cc1ccccc1)NC(=O)C(NC(=O)c1cccnc1)C(C)(C)S(C)(=O)=O. The number of likely N-dealkylation sites (tertiary alicyclic amines) is 1. The first kappa shape index (κ1) is 43.4. The fourth-order valence-corrected chi connectivity index (χ4v) is 8.03. The molecule has 0 spiro atoms. The van der Waals surface area contributed by atoms with Crippen LogP contribution >= 0.6 is 0 Å². The van der Waals surface area contributed by atoms with Gasteiger partial charge in [0.1, 0.15) is 12.1 Å². The number of amides is 3. The smallest absolute Gasteiger partial charge is 0.306 e. The lowest BCUT2D eigenvalue weighted by atomic mass is 9.72. The van der Waals surface area contributed by atoms with E-state index >= 15 is 0 Å². The van der Waals surface area contributed by atoms with Crippen molar-refractivity contribution in [3.63, 3.8) is 0 Å². The first-order valence-electron chi connectivity index (χ1n) is 19.0. The van der Waals surface area contributed by atoms with Crippen molar-refractivity contribution in [1.29, 1.82) is 0 Å². The molecule has 2 aliphatic rings. The molecule has 0 bridgehead atoms. The summed E-state index contributed by atoms with van der Waals surface area (Å²) in [6, 6.07) is 8.95. The Morgan fingerprint density at radius 2 is 1.62 bits per heavy atom. The molecule has 1 aliphatic carbocycles. The molecule has 1 saturated heterocycles. The minimum atomic E-state index is -3.97. The summed E-state index contributed by atoms with van der Waals surface area (Å²) < 4.78 is 30.6. The third-order valence-electron chi connectivity index (χ3n) is 10.7. The number of fused-ring (bicyclic) bond motifs is 1. The van der Waals surface area contributed by atoms with Crippen molar-refractivity contribution in [2.75, 3.05) is 19.3 Å². The number of carboxylic acids is 1. The summed E-state index contributed by atoms with van der Waals surface area (Å²) in [4.78, 5) is 72.6. The van der Waals surface area contributed by atoms with Crippen LogP contribution in [0.5, 0.6) is 0 Å². The highest BCUT2D eigenvalue weighted by Gasteiger charge is 2.47. The van der Waals surface area contributed by atoms with Crippen molar-refractivity contribution in [3.8, 4) is 0 Å². The van der Waals surface area contributed by atoms with Crippen LogP contribution in [0, 0.1) is 11.8 Å². The molecule has 2 heterocycles. The van der Waals surface area contributed by atoms with E-state index < -0.39 is 80.9 Å². The van der Waals surface area contributed by atoms with Gasteiger partial charge < -0.3 is 25.8 Å². The maximum atomic E-state index is 14.5. The van der Waals surface area contributed by atoms with E-state index in [0.29, 0.717) is 24.8 Å². The number of esters is 1. The highest BCUT2D eigenvalue weighted by Crippen LogP contribution is 2.39. The largest absolute Gasteiger partial charge is 0.481 e. The molecule has 1 saturated carbocycles. The summed E-state index contributed by atoms with van der Waals surface area (Å²) in [5.74, 6) is -3.06. The van der Waals surface area contributed by atoms with Gasteiger partial charge in [-0.2, -0.15) is 0 Å². The van der Waals surface area contributed by atoms with Gasteiger partial charge in [-0.25, -0.2) is 8.42 Å². The van der Waals surface area contributed by atoms with Gasteiger partial charge in [-0.05, 0) is 83.4 Å². The van der Waals surface area contributed by atoms with E-state index in [-0.39, 0.29) is 24.4 Å². The number of sulfone groups is 1. The molecule has 55 heavy (non-hydrogen) atoms. The van der Waals surface area contributed by atoms with Gasteiger partial charge in [-0.15, -0.1) is 0 Å². The highest BCUT2D eigenvalue weighted by atomic mass is 32.2. The number of hydrogen-bond donors (Lipinski definition) is 4. The number of nitrogens with zero attached hydrogens (tertiary/aromatic N) is 2. The number of ether oxygens (including phenoxy) is 1. The summed E-state index contributed by atoms with van der Waals surface area (Å²) in [7, 11) is -3.97. The van der Waals surface area contributed by atoms with E-state index in [9.17, 15) is 37.5 Å². The predicted octanol–water partition coefficient (Wildman–Crippen LogP) is 3.30. The van der Waals surface area contributed by atoms with Gasteiger partial charge in [0.05, 0.1) is 35.2 Å². The number of aromatic nitrogens is 1. The van der Waals surface area contributed by atoms with Crippen LogP contribution in [0.25, 0.3) is 0 Å². The first-order chi connectivity index (χ1) is 25.7. The molecular formula is C40H57N5O9S. The Hall–Kier alpha value is -4.37. The van der Waals surface area contributed by atoms with E-state index in [1.165, 1.54) is 38.4 Å². The van der Waals surface area contributed by atoms with Crippen LogP contribution in [0.3, 0.4) is 0 Å². The van der Waals surface area contributed by atoms with Crippen LogP contribution in [0.15, 0.2) is 54.9 Å². The Labute approximate surface area is 324 Å². The quantitative estimate of drug-likeness (QED) is 0.182. The van der Waals surface area contributed by atoms with Gasteiger partial charge in [0.15, 0.2) is 9.84 Å². The second-order valence-electron chi connectivity index (χ2n) is 16.5. The lowest BCUT2D eigenvalue weighted by Crippen LogP contribution is -2.64. The topological polar surface area (TPSA) is 201 Å².